The summed E-state index contributed by atoms with van der Waals surface area (Å²) in [5.74, 6) is 0.855. The number of aromatic nitrogens is 2. The number of carbonyl (C=O) groups is 3. The standard InChI is InChI=1S/C21H28N6O5/c1-21(2,3)32-20(30)25-11-9-24(10-12-25)14-5-7-26-16(13-22-18(26)17(14)31-4)27-8-6-15(28)23-19(27)29/h5,7,13H,6,8-12H2,1-4H3,(H,23,28,29). The maximum absolute atomic E-state index is 12.3. The molecule has 2 aliphatic rings. The Morgan fingerprint density at radius 3 is 2.47 bits per heavy atom. The zero-order valence-corrected chi connectivity index (χ0v) is 18.8. The first-order chi connectivity index (χ1) is 15.2. The lowest BCUT2D eigenvalue weighted by Gasteiger charge is -2.37. The van der Waals surface area contributed by atoms with Gasteiger partial charge >= 0.3 is 12.1 Å². The molecule has 11 nitrogen and oxygen atoms in total. The number of imide groups is 1. The molecule has 0 spiro atoms. The number of pyridine rings is 1. The van der Waals surface area contributed by atoms with Crippen molar-refractivity contribution < 1.29 is 23.9 Å². The first kappa shape index (κ1) is 21.7. The van der Waals surface area contributed by atoms with E-state index in [2.05, 4.69) is 15.2 Å². The molecule has 1 N–H and O–H groups in total. The molecular formula is C21H28N6O5. The lowest BCUT2D eigenvalue weighted by molar-refractivity contribution is -0.120. The monoisotopic (exact) mass is 444 g/mol. The third-order valence-electron chi connectivity index (χ3n) is 5.40. The predicted octanol–water partition coefficient (Wildman–Crippen LogP) is 1.85. The number of hydrogen-bond donors (Lipinski definition) is 1. The molecule has 2 aromatic rings. The highest BCUT2D eigenvalue weighted by Gasteiger charge is 2.30. The first-order valence-electron chi connectivity index (χ1n) is 10.6. The van der Waals surface area contributed by atoms with E-state index in [1.807, 2.05) is 33.0 Å². The highest BCUT2D eigenvalue weighted by Crippen LogP contribution is 2.35. The van der Waals surface area contributed by atoms with Crippen LogP contribution in [0.2, 0.25) is 0 Å². The van der Waals surface area contributed by atoms with Crippen LogP contribution in [0.15, 0.2) is 18.5 Å². The zero-order chi connectivity index (χ0) is 23.0. The van der Waals surface area contributed by atoms with Crippen molar-refractivity contribution in [1.82, 2.24) is 19.6 Å². The molecule has 0 aliphatic carbocycles. The number of imidazole rings is 1. The lowest BCUT2D eigenvalue weighted by atomic mass is 10.2. The van der Waals surface area contributed by atoms with Crippen LogP contribution in [0, 0.1) is 0 Å². The molecule has 32 heavy (non-hydrogen) atoms. The van der Waals surface area contributed by atoms with Gasteiger partial charge in [-0.2, -0.15) is 0 Å². The molecular weight excluding hydrogens is 416 g/mol. The second-order valence-electron chi connectivity index (χ2n) is 8.75. The number of rotatable bonds is 3. The molecule has 4 rings (SSSR count). The van der Waals surface area contributed by atoms with Gasteiger partial charge in [0.25, 0.3) is 0 Å². The minimum Gasteiger partial charge on any atom is -0.491 e. The predicted molar refractivity (Wildman–Crippen MR) is 117 cm³/mol. The van der Waals surface area contributed by atoms with E-state index < -0.39 is 11.6 Å². The van der Waals surface area contributed by atoms with Crippen LogP contribution in [-0.4, -0.2) is 77.8 Å². The van der Waals surface area contributed by atoms with Gasteiger partial charge < -0.3 is 19.3 Å². The van der Waals surface area contributed by atoms with Crippen LogP contribution in [0.5, 0.6) is 5.75 Å². The van der Waals surface area contributed by atoms with Gasteiger partial charge in [0.15, 0.2) is 11.4 Å². The summed E-state index contributed by atoms with van der Waals surface area (Å²) in [5.41, 5.74) is 0.901. The van der Waals surface area contributed by atoms with Crippen molar-refractivity contribution >= 4 is 35.2 Å². The van der Waals surface area contributed by atoms with Crippen LogP contribution in [-0.2, 0) is 9.53 Å². The number of piperazine rings is 1. The van der Waals surface area contributed by atoms with E-state index in [4.69, 9.17) is 9.47 Å². The molecule has 4 amide bonds. The Hall–Kier alpha value is -3.50. The third-order valence-corrected chi connectivity index (χ3v) is 5.40. The molecule has 0 atom stereocenters. The molecule has 2 aliphatic heterocycles. The van der Waals surface area contributed by atoms with E-state index in [0.717, 1.165) is 5.69 Å². The van der Waals surface area contributed by atoms with Crippen LogP contribution in [0.1, 0.15) is 27.2 Å². The average Bonchev–Trinajstić information content (AvgIpc) is 3.16. The Morgan fingerprint density at radius 2 is 1.84 bits per heavy atom. The number of nitrogens with zero attached hydrogens (tertiary/aromatic N) is 5. The van der Waals surface area contributed by atoms with Crippen LogP contribution >= 0.6 is 0 Å². The van der Waals surface area contributed by atoms with Crippen molar-refractivity contribution in [3.63, 3.8) is 0 Å². The molecule has 0 radical (unpaired) electrons. The minimum absolute atomic E-state index is 0.232. The van der Waals surface area contributed by atoms with Gasteiger partial charge in [0.2, 0.25) is 5.91 Å². The smallest absolute Gasteiger partial charge is 0.410 e. The van der Waals surface area contributed by atoms with Crippen molar-refractivity contribution in [2.75, 3.05) is 49.6 Å². The average molecular weight is 444 g/mol. The summed E-state index contributed by atoms with van der Waals surface area (Å²) < 4.78 is 12.9. The van der Waals surface area contributed by atoms with Crippen molar-refractivity contribution in [3.8, 4) is 5.75 Å². The second-order valence-corrected chi connectivity index (χ2v) is 8.75. The van der Waals surface area contributed by atoms with Crippen LogP contribution in [0.25, 0.3) is 5.65 Å². The third kappa shape index (κ3) is 4.14. The molecule has 11 heteroatoms. The Kier molecular flexibility index (Phi) is 5.57. The number of urea groups is 1. The van der Waals surface area contributed by atoms with Gasteiger partial charge in [-0.1, -0.05) is 0 Å². The number of ether oxygens (including phenoxy) is 2. The molecule has 0 saturated carbocycles. The lowest BCUT2D eigenvalue weighted by Crippen LogP contribution is -2.50. The molecule has 2 aromatic heterocycles. The summed E-state index contributed by atoms with van der Waals surface area (Å²) in [6, 6.07) is 1.44. The zero-order valence-electron chi connectivity index (χ0n) is 18.8. The van der Waals surface area contributed by atoms with Crippen LogP contribution in [0.3, 0.4) is 0 Å². The maximum Gasteiger partial charge on any atom is 0.410 e. The number of nitrogens with one attached hydrogen (secondary N) is 1. The largest absolute Gasteiger partial charge is 0.491 e. The molecule has 2 fully saturated rings. The van der Waals surface area contributed by atoms with Gasteiger partial charge in [0.05, 0.1) is 19.0 Å². The Bertz CT molecular complexity index is 1050. The van der Waals surface area contributed by atoms with E-state index in [-0.39, 0.29) is 25.0 Å². The number of hydrogen-bond acceptors (Lipinski definition) is 7. The molecule has 0 unspecified atom stereocenters. The second kappa shape index (κ2) is 8.21. The maximum atomic E-state index is 12.3. The van der Waals surface area contributed by atoms with Gasteiger partial charge in [0, 0.05) is 45.3 Å². The van der Waals surface area contributed by atoms with Gasteiger partial charge in [-0.3, -0.25) is 19.4 Å². The van der Waals surface area contributed by atoms with E-state index in [1.54, 1.807) is 22.6 Å². The highest BCUT2D eigenvalue weighted by atomic mass is 16.6. The number of methoxy groups -OCH3 is 1. The summed E-state index contributed by atoms with van der Waals surface area (Å²) in [6.45, 7) is 8.15. The van der Waals surface area contributed by atoms with Crippen molar-refractivity contribution in [1.29, 1.82) is 0 Å². The Morgan fingerprint density at radius 1 is 1.12 bits per heavy atom. The van der Waals surface area contributed by atoms with Crippen molar-refractivity contribution in [2.45, 2.75) is 32.8 Å². The van der Waals surface area contributed by atoms with E-state index >= 15 is 0 Å². The van der Waals surface area contributed by atoms with Gasteiger partial charge in [-0.25, -0.2) is 14.6 Å². The van der Waals surface area contributed by atoms with E-state index in [0.29, 0.717) is 43.4 Å². The molecule has 4 heterocycles. The molecule has 0 bridgehead atoms. The van der Waals surface area contributed by atoms with Crippen molar-refractivity contribution in [3.05, 3.63) is 18.5 Å². The highest BCUT2D eigenvalue weighted by molar-refractivity contribution is 6.05. The topological polar surface area (TPSA) is 109 Å². The first-order valence-corrected chi connectivity index (χ1v) is 10.6. The normalized spacial score (nSPS) is 17.6. The SMILES string of the molecule is COc1c(N2CCN(C(=O)OC(C)(C)C)CC2)ccn2c(N3CCC(=O)NC3=O)cnc12. The Labute approximate surface area is 185 Å². The summed E-state index contributed by atoms with van der Waals surface area (Å²) in [7, 11) is 1.58. The fraction of sp³-hybridized carbons (Fsp3) is 0.524. The van der Waals surface area contributed by atoms with Gasteiger partial charge in [-0.05, 0) is 26.8 Å². The summed E-state index contributed by atoms with van der Waals surface area (Å²) in [4.78, 5) is 45.9. The van der Waals surface area contributed by atoms with E-state index in [1.165, 1.54) is 4.90 Å². The summed E-state index contributed by atoms with van der Waals surface area (Å²) >= 11 is 0. The van der Waals surface area contributed by atoms with Crippen LogP contribution < -0.4 is 19.9 Å². The Balaban J connectivity index is 1.54. The number of anilines is 2. The quantitative estimate of drug-likeness (QED) is 0.770. The number of carbonyl (C=O) groups excluding carboxylic acids is 3. The van der Waals surface area contributed by atoms with Crippen molar-refractivity contribution in [2.24, 2.45) is 0 Å². The fourth-order valence-electron chi connectivity index (χ4n) is 3.89. The fourth-order valence-corrected chi connectivity index (χ4v) is 3.89. The van der Waals surface area contributed by atoms with Gasteiger partial charge in [0.1, 0.15) is 11.4 Å². The van der Waals surface area contributed by atoms with Gasteiger partial charge in [-0.15, -0.1) is 0 Å². The summed E-state index contributed by atoms with van der Waals surface area (Å²) in [6.07, 6.45) is 3.35. The molecule has 2 saturated heterocycles. The number of fused-ring (bicyclic) bond motifs is 1. The molecule has 172 valence electrons. The van der Waals surface area contributed by atoms with E-state index in [9.17, 15) is 14.4 Å². The molecule has 0 aromatic carbocycles. The number of amides is 4. The summed E-state index contributed by atoms with van der Waals surface area (Å²) in [5, 5.41) is 2.33. The van der Waals surface area contributed by atoms with Crippen LogP contribution in [0.4, 0.5) is 21.1 Å². The minimum atomic E-state index is -0.528.